The number of aryl methyl sites for hydroxylation is 1. The molecule has 1 atom stereocenters. The highest BCUT2D eigenvalue weighted by Gasteiger charge is 2.33. The number of carbonyl (C=O) groups excluding carboxylic acids is 1. The van der Waals surface area contributed by atoms with E-state index >= 15 is 0 Å². The topological polar surface area (TPSA) is 69.7 Å². The molecule has 11 heteroatoms. The molecule has 0 unspecified atom stereocenters. The van der Waals surface area contributed by atoms with E-state index < -0.39 is 39.2 Å². The molecular formula is C26H27ClF3N3O3S. The van der Waals surface area contributed by atoms with Gasteiger partial charge < -0.3 is 0 Å². The summed E-state index contributed by atoms with van der Waals surface area (Å²) in [7, 11) is -1.08. The Labute approximate surface area is 219 Å². The third-order valence-corrected chi connectivity index (χ3v) is 7.77. The minimum absolute atomic E-state index is 0.147. The van der Waals surface area contributed by atoms with Gasteiger partial charge in [0.25, 0.3) is 10.0 Å². The molecule has 0 heterocycles. The maximum Gasteiger partial charge on any atom is 0.264 e. The lowest BCUT2D eigenvalue weighted by atomic mass is 9.96. The number of nitrogens with one attached hydrogen (secondary N) is 1. The number of hydrogen-bond donors (Lipinski definition) is 1. The van der Waals surface area contributed by atoms with Gasteiger partial charge in [-0.05, 0) is 79.4 Å². The fourth-order valence-electron chi connectivity index (χ4n) is 3.99. The SMILES string of the molecule is C[C@H](c1ccc(F)cc1CCCC(=O)NN(C)C)N(c1cc(F)ccc1F)S(=O)(=O)c1ccc(Cl)cc1. The first kappa shape index (κ1) is 28.5. The van der Waals surface area contributed by atoms with Crippen molar-refractivity contribution in [2.24, 2.45) is 0 Å². The average Bonchev–Trinajstić information content (AvgIpc) is 2.81. The Morgan fingerprint density at radius 3 is 2.24 bits per heavy atom. The van der Waals surface area contributed by atoms with Gasteiger partial charge in [-0.25, -0.2) is 26.6 Å². The molecule has 0 aliphatic carbocycles. The summed E-state index contributed by atoms with van der Waals surface area (Å²) in [5.41, 5.74) is 2.95. The second kappa shape index (κ2) is 12.0. The lowest BCUT2D eigenvalue weighted by Gasteiger charge is -2.32. The highest BCUT2D eigenvalue weighted by molar-refractivity contribution is 7.92. The molecule has 0 radical (unpaired) electrons. The van der Waals surface area contributed by atoms with Crippen molar-refractivity contribution < 1.29 is 26.4 Å². The predicted molar refractivity (Wildman–Crippen MR) is 137 cm³/mol. The van der Waals surface area contributed by atoms with Gasteiger partial charge in [0.15, 0.2) is 0 Å². The van der Waals surface area contributed by atoms with E-state index in [0.29, 0.717) is 22.6 Å². The lowest BCUT2D eigenvalue weighted by Crippen LogP contribution is -2.36. The molecule has 0 aliphatic rings. The van der Waals surface area contributed by atoms with Crippen LogP contribution < -0.4 is 9.73 Å². The number of nitrogens with zero attached hydrogens (tertiary/aromatic N) is 2. The normalized spacial score (nSPS) is 12.4. The molecule has 198 valence electrons. The average molecular weight is 554 g/mol. The summed E-state index contributed by atoms with van der Waals surface area (Å²) >= 11 is 5.91. The van der Waals surface area contributed by atoms with E-state index in [0.717, 1.165) is 22.5 Å². The van der Waals surface area contributed by atoms with Crippen LogP contribution in [0.5, 0.6) is 0 Å². The summed E-state index contributed by atoms with van der Waals surface area (Å²) in [6, 6.07) is 10.6. The Hall–Kier alpha value is -3.08. The van der Waals surface area contributed by atoms with Gasteiger partial charge in [-0.15, -0.1) is 0 Å². The maximum atomic E-state index is 15.0. The van der Waals surface area contributed by atoms with Crippen molar-refractivity contribution in [2.75, 3.05) is 18.4 Å². The second-order valence-electron chi connectivity index (χ2n) is 8.65. The minimum Gasteiger partial charge on any atom is -0.289 e. The fourth-order valence-corrected chi connectivity index (χ4v) is 5.75. The van der Waals surface area contributed by atoms with Crippen molar-refractivity contribution in [1.82, 2.24) is 10.4 Å². The van der Waals surface area contributed by atoms with Crippen LogP contribution in [0.15, 0.2) is 65.6 Å². The first-order valence-electron chi connectivity index (χ1n) is 11.4. The van der Waals surface area contributed by atoms with Crippen LogP contribution in [0.1, 0.15) is 36.9 Å². The molecule has 0 aliphatic heterocycles. The Bertz CT molecular complexity index is 1370. The Morgan fingerprint density at radius 1 is 0.973 bits per heavy atom. The Morgan fingerprint density at radius 2 is 1.59 bits per heavy atom. The van der Waals surface area contributed by atoms with E-state index in [-0.39, 0.29) is 23.6 Å². The Balaban J connectivity index is 2.07. The van der Waals surface area contributed by atoms with E-state index in [9.17, 15) is 26.4 Å². The number of amides is 1. The van der Waals surface area contributed by atoms with E-state index in [1.54, 1.807) is 14.1 Å². The van der Waals surface area contributed by atoms with E-state index in [1.165, 1.54) is 54.4 Å². The molecule has 6 nitrogen and oxygen atoms in total. The zero-order chi connectivity index (χ0) is 27.3. The third-order valence-electron chi connectivity index (χ3n) is 5.62. The van der Waals surface area contributed by atoms with Crippen LogP contribution >= 0.6 is 11.6 Å². The van der Waals surface area contributed by atoms with E-state index in [2.05, 4.69) is 5.43 Å². The number of anilines is 1. The van der Waals surface area contributed by atoms with Gasteiger partial charge in [0.2, 0.25) is 5.91 Å². The van der Waals surface area contributed by atoms with Crippen molar-refractivity contribution in [3.8, 4) is 0 Å². The van der Waals surface area contributed by atoms with Crippen LogP contribution in [0.4, 0.5) is 18.9 Å². The van der Waals surface area contributed by atoms with Crippen molar-refractivity contribution in [2.45, 2.75) is 37.1 Å². The van der Waals surface area contributed by atoms with Crippen molar-refractivity contribution in [3.05, 3.63) is 94.3 Å². The number of hydrogen-bond acceptors (Lipinski definition) is 4. The predicted octanol–water partition coefficient (Wildman–Crippen LogP) is 5.63. The van der Waals surface area contributed by atoms with Crippen molar-refractivity contribution in [1.29, 1.82) is 0 Å². The molecule has 0 saturated heterocycles. The largest absolute Gasteiger partial charge is 0.289 e. The van der Waals surface area contributed by atoms with Gasteiger partial charge in [0, 0.05) is 31.6 Å². The first-order valence-corrected chi connectivity index (χ1v) is 13.2. The van der Waals surface area contributed by atoms with Crippen LogP contribution in [0.3, 0.4) is 0 Å². The van der Waals surface area contributed by atoms with Gasteiger partial charge in [0.1, 0.15) is 17.5 Å². The second-order valence-corrected chi connectivity index (χ2v) is 10.9. The number of halogens is 4. The van der Waals surface area contributed by atoms with Crippen molar-refractivity contribution in [3.63, 3.8) is 0 Å². The maximum absolute atomic E-state index is 15.0. The van der Waals surface area contributed by atoms with Crippen LogP contribution in [-0.2, 0) is 21.2 Å². The highest BCUT2D eigenvalue weighted by atomic mass is 35.5. The molecule has 37 heavy (non-hydrogen) atoms. The van der Waals surface area contributed by atoms with E-state index in [1.807, 2.05) is 0 Å². The smallest absolute Gasteiger partial charge is 0.264 e. The lowest BCUT2D eigenvalue weighted by molar-refractivity contribution is -0.124. The molecule has 0 saturated carbocycles. The monoisotopic (exact) mass is 553 g/mol. The summed E-state index contributed by atoms with van der Waals surface area (Å²) < 4.78 is 71.7. The molecule has 0 fully saturated rings. The highest BCUT2D eigenvalue weighted by Crippen LogP contribution is 2.37. The van der Waals surface area contributed by atoms with E-state index in [4.69, 9.17) is 11.6 Å². The van der Waals surface area contributed by atoms with Gasteiger partial charge >= 0.3 is 0 Å². The van der Waals surface area contributed by atoms with Crippen LogP contribution in [0.25, 0.3) is 0 Å². The van der Waals surface area contributed by atoms with Gasteiger partial charge in [-0.3, -0.25) is 14.5 Å². The zero-order valence-electron chi connectivity index (χ0n) is 20.5. The molecule has 3 rings (SSSR count). The van der Waals surface area contributed by atoms with Gasteiger partial charge in [-0.2, -0.15) is 0 Å². The summed E-state index contributed by atoms with van der Waals surface area (Å²) in [6.45, 7) is 1.51. The standard InChI is InChI=1S/C26H27ClF3N3O3S/c1-17(23-13-9-20(28)15-18(23)5-4-6-26(34)31-32(2)3)33(25-16-21(29)10-14-24(25)30)37(35,36)22-11-7-19(27)8-12-22/h7-17H,4-6H2,1-3H3,(H,31,34)/t17-/m1/s1. The summed E-state index contributed by atoms with van der Waals surface area (Å²) in [5, 5.41) is 1.81. The van der Waals surface area contributed by atoms with Crippen LogP contribution in [0.2, 0.25) is 5.02 Å². The fraction of sp³-hybridized carbons (Fsp3) is 0.269. The number of benzene rings is 3. The molecule has 3 aromatic carbocycles. The quantitative estimate of drug-likeness (QED) is 0.330. The van der Waals surface area contributed by atoms with Crippen LogP contribution in [-0.4, -0.2) is 33.4 Å². The zero-order valence-corrected chi connectivity index (χ0v) is 22.1. The summed E-state index contributed by atoms with van der Waals surface area (Å²) in [6.07, 6.45) is 0.744. The molecule has 0 aromatic heterocycles. The number of carbonyl (C=O) groups is 1. The van der Waals surface area contributed by atoms with Crippen molar-refractivity contribution >= 4 is 33.2 Å². The summed E-state index contributed by atoms with van der Waals surface area (Å²) in [5.74, 6) is -2.56. The Kier molecular flexibility index (Phi) is 9.22. The number of hydrazine groups is 1. The summed E-state index contributed by atoms with van der Waals surface area (Å²) in [4.78, 5) is 11.8. The molecule has 1 amide bonds. The molecule has 1 N–H and O–H groups in total. The number of sulfonamides is 1. The van der Waals surface area contributed by atoms with Gasteiger partial charge in [0.05, 0.1) is 16.6 Å². The third kappa shape index (κ3) is 7.03. The van der Waals surface area contributed by atoms with Gasteiger partial charge in [-0.1, -0.05) is 17.7 Å². The molecule has 0 bridgehead atoms. The minimum atomic E-state index is -4.43. The van der Waals surface area contributed by atoms with Crippen LogP contribution in [0, 0.1) is 17.5 Å². The first-order chi connectivity index (χ1) is 17.4. The molecule has 3 aromatic rings. The number of rotatable bonds is 10. The molecule has 0 spiro atoms. The molecular weight excluding hydrogens is 527 g/mol.